The van der Waals surface area contributed by atoms with Crippen molar-refractivity contribution in [1.29, 1.82) is 0 Å². The maximum absolute atomic E-state index is 9.95. The van der Waals surface area contributed by atoms with Crippen LogP contribution in [0.1, 0.15) is 40.0 Å². The summed E-state index contributed by atoms with van der Waals surface area (Å²) in [4.78, 5) is 0. The second kappa shape index (κ2) is 3.80. The molecule has 0 bridgehead atoms. The van der Waals surface area contributed by atoms with Crippen LogP contribution in [0.2, 0.25) is 0 Å². The summed E-state index contributed by atoms with van der Waals surface area (Å²) < 4.78 is 5.59. The van der Waals surface area contributed by atoms with E-state index in [9.17, 15) is 5.11 Å². The highest BCUT2D eigenvalue weighted by molar-refractivity contribution is 5.01. The molecule has 14 heavy (non-hydrogen) atoms. The van der Waals surface area contributed by atoms with E-state index in [2.05, 4.69) is 13.8 Å². The first kappa shape index (κ1) is 12.0. The molecule has 1 aliphatic rings. The molecule has 1 saturated carbocycles. The van der Waals surface area contributed by atoms with Crippen LogP contribution in [0, 0.1) is 5.92 Å². The highest BCUT2D eigenvalue weighted by Crippen LogP contribution is 2.40. The Morgan fingerprint density at radius 1 is 1.43 bits per heavy atom. The molecule has 1 fully saturated rings. The van der Waals surface area contributed by atoms with Gasteiger partial charge in [-0.2, -0.15) is 0 Å². The van der Waals surface area contributed by atoms with Crippen molar-refractivity contribution in [3.8, 4) is 0 Å². The van der Waals surface area contributed by atoms with Crippen molar-refractivity contribution in [3.05, 3.63) is 0 Å². The number of aliphatic hydroxyl groups excluding tert-OH is 1. The van der Waals surface area contributed by atoms with Crippen LogP contribution in [0.5, 0.6) is 0 Å². The molecule has 3 N–H and O–H groups in total. The minimum atomic E-state index is -0.460. The highest BCUT2D eigenvalue weighted by Gasteiger charge is 2.46. The predicted molar refractivity (Wildman–Crippen MR) is 57.0 cm³/mol. The number of hydrogen-bond acceptors (Lipinski definition) is 3. The van der Waals surface area contributed by atoms with Crippen LogP contribution in [0.3, 0.4) is 0 Å². The van der Waals surface area contributed by atoms with Gasteiger partial charge in [0.25, 0.3) is 0 Å². The van der Waals surface area contributed by atoms with Gasteiger partial charge in [-0.25, -0.2) is 0 Å². The second-order valence-corrected chi connectivity index (χ2v) is 5.15. The predicted octanol–water partition coefficient (Wildman–Crippen LogP) is 1.29. The lowest BCUT2D eigenvalue weighted by atomic mass is 9.69. The normalized spacial score (nSPS) is 44.4. The fourth-order valence-corrected chi connectivity index (χ4v) is 2.26. The molecule has 0 spiro atoms. The van der Waals surface area contributed by atoms with Crippen molar-refractivity contribution >= 4 is 0 Å². The van der Waals surface area contributed by atoms with Crippen molar-refractivity contribution in [1.82, 2.24) is 0 Å². The van der Waals surface area contributed by atoms with Gasteiger partial charge >= 0.3 is 0 Å². The zero-order valence-corrected chi connectivity index (χ0v) is 9.71. The lowest BCUT2D eigenvalue weighted by molar-refractivity contribution is -0.123. The van der Waals surface area contributed by atoms with Crippen LogP contribution in [-0.2, 0) is 4.74 Å². The smallest absolute Gasteiger partial charge is 0.0744 e. The van der Waals surface area contributed by atoms with Gasteiger partial charge in [-0.1, -0.05) is 13.8 Å². The summed E-state index contributed by atoms with van der Waals surface area (Å²) in [7, 11) is 1.73. The van der Waals surface area contributed by atoms with Crippen LogP contribution < -0.4 is 5.73 Å². The van der Waals surface area contributed by atoms with Crippen molar-refractivity contribution in [2.75, 3.05) is 7.11 Å². The van der Waals surface area contributed by atoms with Gasteiger partial charge in [-0.05, 0) is 25.7 Å². The van der Waals surface area contributed by atoms with E-state index in [-0.39, 0.29) is 5.60 Å². The van der Waals surface area contributed by atoms with E-state index in [4.69, 9.17) is 10.5 Å². The molecule has 1 aliphatic carbocycles. The van der Waals surface area contributed by atoms with Crippen LogP contribution in [0.4, 0.5) is 0 Å². The van der Waals surface area contributed by atoms with Gasteiger partial charge in [-0.15, -0.1) is 0 Å². The zero-order chi connectivity index (χ0) is 11.0. The van der Waals surface area contributed by atoms with Crippen molar-refractivity contribution in [2.45, 2.75) is 57.3 Å². The molecule has 0 saturated heterocycles. The monoisotopic (exact) mass is 201 g/mol. The fraction of sp³-hybridized carbons (Fsp3) is 1.00. The van der Waals surface area contributed by atoms with Crippen LogP contribution in [0.15, 0.2) is 0 Å². The first-order chi connectivity index (χ1) is 6.34. The highest BCUT2D eigenvalue weighted by atomic mass is 16.5. The summed E-state index contributed by atoms with van der Waals surface area (Å²) in [6.45, 7) is 6.18. The summed E-state index contributed by atoms with van der Waals surface area (Å²) >= 11 is 0. The Morgan fingerprint density at radius 3 is 2.36 bits per heavy atom. The van der Waals surface area contributed by atoms with E-state index in [1.54, 1.807) is 7.11 Å². The lowest BCUT2D eigenvalue weighted by Gasteiger charge is -2.47. The Labute approximate surface area is 86.6 Å². The van der Waals surface area contributed by atoms with Gasteiger partial charge in [0.2, 0.25) is 0 Å². The summed E-state index contributed by atoms with van der Waals surface area (Å²) in [5.41, 5.74) is 5.36. The van der Waals surface area contributed by atoms with Gasteiger partial charge < -0.3 is 15.6 Å². The third-order valence-electron chi connectivity index (χ3n) is 3.85. The largest absolute Gasteiger partial charge is 0.391 e. The van der Waals surface area contributed by atoms with Gasteiger partial charge in [-0.3, -0.25) is 0 Å². The van der Waals surface area contributed by atoms with Gasteiger partial charge in [0.05, 0.1) is 11.7 Å². The first-order valence-corrected chi connectivity index (χ1v) is 5.36. The molecule has 0 aromatic rings. The average molecular weight is 201 g/mol. The van der Waals surface area contributed by atoms with Crippen LogP contribution >= 0.6 is 0 Å². The number of nitrogens with two attached hydrogens (primary N) is 1. The molecule has 0 radical (unpaired) electrons. The molecule has 0 heterocycles. The summed E-state index contributed by atoms with van der Waals surface area (Å²) in [5.74, 6) is 0.415. The molecule has 3 atom stereocenters. The van der Waals surface area contributed by atoms with Gasteiger partial charge in [0.15, 0.2) is 0 Å². The zero-order valence-electron chi connectivity index (χ0n) is 9.71. The Morgan fingerprint density at radius 2 is 2.00 bits per heavy atom. The summed E-state index contributed by atoms with van der Waals surface area (Å²) in [5, 5.41) is 9.95. The summed E-state index contributed by atoms with van der Waals surface area (Å²) in [6, 6.07) is 0. The molecule has 0 aliphatic heterocycles. The minimum absolute atomic E-state index is 0.182. The molecule has 3 unspecified atom stereocenters. The third-order valence-corrected chi connectivity index (χ3v) is 3.85. The molecule has 0 amide bonds. The van der Waals surface area contributed by atoms with Gasteiger partial charge in [0, 0.05) is 19.1 Å². The van der Waals surface area contributed by atoms with E-state index < -0.39 is 11.6 Å². The summed E-state index contributed by atoms with van der Waals surface area (Å²) in [6.07, 6.45) is 1.94. The second-order valence-electron chi connectivity index (χ2n) is 5.15. The number of aliphatic hydroxyl groups is 1. The van der Waals surface area contributed by atoms with Crippen LogP contribution in [0.25, 0.3) is 0 Å². The molecular weight excluding hydrogens is 178 g/mol. The molecule has 84 valence electrons. The van der Waals surface area contributed by atoms with Crippen molar-refractivity contribution < 1.29 is 9.84 Å². The van der Waals surface area contributed by atoms with Crippen molar-refractivity contribution in [2.24, 2.45) is 11.7 Å². The number of ether oxygens (including phenoxy) is 1. The first-order valence-electron chi connectivity index (χ1n) is 5.36. The minimum Gasteiger partial charge on any atom is -0.391 e. The molecular formula is C11H23NO2. The molecule has 0 aromatic carbocycles. The Hall–Kier alpha value is -0.120. The van der Waals surface area contributed by atoms with Crippen molar-refractivity contribution in [3.63, 3.8) is 0 Å². The Balaban J connectivity index is 2.78. The SMILES string of the molecule is COC1(C(C)C)CCC(C)(N)C(O)C1. The Bertz CT molecular complexity index is 203. The van der Waals surface area contributed by atoms with Crippen LogP contribution in [-0.4, -0.2) is 29.5 Å². The Kier molecular flexibility index (Phi) is 3.24. The van der Waals surface area contributed by atoms with E-state index in [0.29, 0.717) is 12.3 Å². The molecule has 1 rings (SSSR count). The van der Waals surface area contributed by atoms with E-state index in [0.717, 1.165) is 12.8 Å². The van der Waals surface area contributed by atoms with Gasteiger partial charge in [0.1, 0.15) is 0 Å². The van der Waals surface area contributed by atoms with E-state index in [1.807, 2.05) is 6.92 Å². The standard InChI is InChI=1S/C11H23NO2/c1-8(2)11(14-4)6-5-10(3,12)9(13)7-11/h8-9,13H,5-7,12H2,1-4H3. The number of methoxy groups -OCH3 is 1. The van der Waals surface area contributed by atoms with E-state index in [1.165, 1.54) is 0 Å². The molecule has 0 aromatic heterocycles. The lowest BCUT2D eigenvalue weighted by Crippen LogP contribution is -2.58. The molecule has 3 heteroatoms. The average Bonchev–Trinajstić information content (AvgIpc) is 2.10. The van der Waals surface area contributed by atoms with E-state index >= 15 is 0 Å². The fourth-order valence-electron chi connectivity index (χ4n) is 2.26. The maximum atomic E-state index is 9.95. The number of rotatable bonds is 2. The number of hydrogen-bond donors (Lipinski definition) is 2. The topological polar surface area (TPSA) is 55.5 Å². The molecule has 3 nitrogen and oxygen atoms in total. The maximum Gasteiger partial charge on any atom is 0.0744 e. The third kappa shape index (κ3) is 1.95. The quantitative estimate of drug-likeness (QED) is 0.708.